The van der Waals surface area contributed by atoms with Gasteiger partial charge in [0.2, 0.25) is 0 Å². The molecule has 2 heterocycles. The molecule has 18 heteroatoms. The monoisotopic (exact) mass is 551 g/mol. The van der Waals surface area contributed by atoms with E-state index in [0.717, 1.165) is 11.5 Å². The number of hydrogen-bond acceptors (Lipinski definition) is 2. The van der Waals surface area contributed by atoms with Crippen molar-refractivity contribution in [1.29, 1.82) is 0 Å². The van der Waals surface area contributed by atoms with Crippen LogP contribution in [0.5, 0.6) is 0 Å². The molecular weight excluding hydrogens is 541 g/mol. The number of imidazole rings is 1. The molecule has 0 fully saturated rings. The predicted octanol–water partition coefficient (Wildman–Crippen LogP) is 8.24. The van der Waals surface area contributed by atoms with E-state index in [4.69, 9.17) is 0 Å². The van der Waals surface area contributed by atoms with Crippen LogP contribution in [0.4, 0.5) is 50.4 Å². The minimum absolute atomic E-state index is 0. The van der Waals surface area contributed by atoms with Crippen LogP contribution >= 0.6 is 15.6 Å². The van der Waals surface area contributed by atoms with Gasteiger partial charge in [0, 0.05) is 25.6 Å². The van der Waals surface area contributed by atoms with Gasteiger partial charge in [-0.15, -0.1) is 0 Å². The average molecular weight is 550 g/mol. The van der Waals surface area contributed by atoms with Crippen molar-refractivity contribution in [3.05, 3.63) is 36.8 Å². The minimum Gasteiger partial charge on any atom is 2.00 e. The molecule has 0 aliphatic rings. The Balaban J connectivity index is 0. The van der Waals surface area contributed by atoms with Crippen molar-refractivity contribution < 1.29 is 69.8 Å². The Morgan fingerprint density at radius 2 is 1.11 bits per heavy atom. The standard InChI is InChI=1S/C9H9N3.2F6P.Ru/c1-12-7-6-11-9(12)8-4-2-3-5-10-8;2*1-7(2,3,4,5)6;/h2-7H,1H3;;;/q;2*-1;+2. The second-order valence-electron chi connectivity index (χ2n) is 4.49. The summed E-state index contributed by atoms with van der Waals surface area (Å²) in [6.07, 6.45) is 5.44. The first kappa shape index (κ1) is 28.2. The zero-order chi connectivity index (χ0) is 21.2. The second kappa shape index (κ2) is 6.81. The number of rotatable bonds is 1. The van der Waals surface area contributed by atoms with Gasteiger partial charge in [0.1, 0.15) is 5.69 Å². The summed E-state index contributed by atoms with van der Waals surface area (Å²) in [5, 5.41) is 0. The Morgan fingerprint density at radius 1 is 0.704 bits per heavy atom. The summed E-state index contributed by atoms with van der Waals surface area (Å²) in [6, 6.07) is 5.80. The number of pyridine rings is 1. The van der Waals surface area contributed by atoms with E-state index in [1.54, 1.807) is 12.4 Å². The van der Waals surface area contributed by atoms with Crippen LogP contribution in [-0.2, 0) is 26.5 Å². The Hall–Kier alpha value is -0.997. The second-order valence-corrected chi connectivity index (χ2v) is 8.33. The molecule has 0 atom stereocenters. The quantitative estimate of drug-likeness (QED) is 0.204. The van der Waals surface area contributed by atoms with E-state index < -0.39 is 15.6 Å². The number of aryl methyl sites for hydroxylation is 1. The first-order chi connectivity index (χ1) is 10.8. The molecule has 3 nitrogen and oxygen atoms in total. The van der Waals surface area contributed by atoms with Crippen molar-refractivity contribution in [3.63, 3.8) is 0 Å². The third kappa shape index (κ3) is 30.0. The van der Waals surface area contributed by atoms with Crippen LogP contribution in [0.15, 0.2) is 36.8 Å². The van der Waals surface area contributed by atoms with Crippen LogP contribution in [0.1, 0.15) is 0 Å². The Kier molecular flexibility index (Phi) is 7.11. The van der Waals surface area contributed by atoms with E-state index in [2.05, 4.69) is 9.97 Å². The molecule has 162 valence electrons. The molecule has 0 saturated carbocycles. The SMILES string of the molecule is Cn1ccnc1-c1ccccn1.F[P-](F)(F)(F)(F)F.F[P-](F)(F)(F)(F)F.[Ru+2]. The number of nitrogens with zero attached hydrogens (tertiary/aromatic N) is 3. The van der Waals surface area contributed by atoms with Crippen molar-refractivity contribution in [1.82, 2.24) is 14.5 Å². The van der Waals surface area contributed by atoms with Gasteiger partial charge >= 0.3 is 85.5 Å². The summed E-state index contributed by atoms with van der Waals surface area (Å²) in [6.45, 7) is 0. The van der Waals surface area contributed by atoms with Crippen molar-refractivity contribution in [2.24, 2.45) is 7.05 Å². The maximum absolute atomic E-state index is 10.7. The fourth-order valence-corrected chi connectivity index (χ4v) is 1.11. The van der Waals surface area contributed by atoms with E-state index in [9.17, 15) is 50.4 Å². The Morgan fingerprint density at radius 3 is 1.37 bits per heavy atom. The summed E-state index contributed by atoms with van der Waals surface area (Å²) >= 11 is 0. The molecule has 0 saturated heterocycles. The fourth-order valence-electron chi connectivity index (χ4n) is 1.11. The van der Waals surface area contributed by atoms with Gasteiger partial charge in [-0.2, -0.15) is 0 Å². The maximum atomic E-state index is 9.87. The van der Waals surface area contributed by atoms with Gasteiger partial charge < -0.3 is 4.57 Å². The molecule has 0 spiro atoms. The van der Waals surface area contributed by atoms with Crippen molar-refractivity contribution in [2.75, 3.05) is 0 Å². The van der Waals surface area contributed by atoms with E-state index in [-0.39, 0.29) is 19.5 Å². The Bertz CT molecular complexity index is 686. The molecule has 0 radical (unpaired) electrons. The summed E-state index contributed by atoms with van der Waals surface area (Å²) in [5.41, 5.74) is 0.907. The number of halogens is 12. The summed E-state index contributed by atoms with van der Waals surface area (Å²) in [7, 11) is -19.4. The molecule has 2 aromatic rings. The third-order valence-corrected chi connectivity index (χ3v) is 1.72. The van der Waals surface area contributed by atoms with Crippen molar-refractivity contribution in [3.8, 4) is 11.5 Å². The van der Waals surface area contributed by atoms with Gasteiger partial charge in [-0.25, -0.2) is 4.98 Å². The molecule has 0 bridgehead atoms. The van der Waals surface area contributed by atoms with E-state index in [0.29, 0.717) is 0 Å². The first-order valence-electron chi connectivity index (χ1n) is 5.79. The molecule has 0 amide bonds. The molecule has 0 N–H and O–H groups in total. The van der Waals surface area contributed by atoms with Crippen molar-refractivity contribution in [2.45, 2.75) is 0 Å². The van der Waals surface area contributed by atoms with Crippen LogP contribution < -0.4 is 0 Å². The van der Waals surface area contributed by atoms with Crippen LogP contribution in [-0.4, -0.2) is 14.5 Å². The molecule has 27 heavy (non-hydrogen) atoms. The zero-order valence-corrected chi connectivity index (χ0v) is 16.1. The first-order valence-corrected chi connectivity index (χ1v) is 9.85. The summed E-state index contributed by atoms with van der Waals surface area (Å²) in [5.74, 6) is 0.899. The largest absolute Gasteiger partial charge is 2.00 e. The van der Waals surface area contributed by atoms with Crippen LogP contribution in [0, 0.1) is 0 Å². The molecule has 0 aliphatic carbocycles. The number of hydrogen-bond donors (Lipinski definition) is 0. The summed E-state index contributed by atoms with van der Waals surface area (Å²) < 4.78 is 120. The molecular formula is C9H9F12N3P2Ru. The smallest absolute Gasteiger partial charge is 2.00 e. The van der Waals surface area contributed by atoms with Gasteiger partial charge in [0.25, 0.3) is 0 Å². The molecule has 0 unspecified atom stereocenters. The van der Waals surface area contributed by atoms with Crippen LogP contribution in [0.2, 0.25) is 0 Å². The molecule has 2 aromatic heterocycles. The van der Waals surface area contributed by atoms with Crippen LogP contribution in [0.25, 0.3) is 11.5 Å². The van der Waals surface area contributed by atoms with E-state index in [1.807, 2.05) is 36.0 Å². The van der Waals surface area contributed by atoms with Gasteiger partial charge in [-0.05, 0) is 12.1 Å². The maximum Gasteiger partial charge on any atom is 2.00 e. The average Bonchev–Trinajstić information content (AvgIpc) is 2.68. The van der Waals surface area contributed by atoms with E-state index in [1.165, 1.54) is 0 Å². The molecule has 0 aliphatic heterocycles. The zero-order valence-electron chi connectivity index (χ0n) is 12.6. The van der Waals surface area contributed by atoms with Gasteiger partial charge in [-0.1, -0.05) is 6.07 Å². The van der Waals surface area contributed by atoms with Crippen LogP contribution in [0.3, 0.4) is 0 Å². The molecule has 0 aromatic carbocycles. The van der Waals surface area contributed by atoms with Crippen molar-refractivity contribution >= 4 is 15.6 Å². The topological polar surface area (TPSA) is 30.7 Å². The number of aromatic nitrogens is 3. The fraction of sp³-hybridized carbons (Fsp3) is 0.111. The van der Waals surface area contributed by atoms with Gasteiger partial charge in [0.05, 0.1) is 0 Å². The van der Waals surface area contributed by atoms with Gasteiger partial charge in [0.15, 0.2) is 5.82 Å². The van der Waals surface area contributed by atoms with Gasteiger partial charge in [-0.3, -0.25) is 4.98 Å². The minimum atomic E-state index is -10.7. The summed E-state index contributed by atoms with van der Waals surface area (Å²) in [4.78, 5) is 8.39. The normalized spacial score (nSPS) is 16.5. The Labute approximate surface area is 156 Å². The van der Waals surface area contributed by atoms with E-state index >= 15 is 0 Å². The molecule has 2 rings (SSSR count). The predicted molar refractivity (Wildman–Crippen MR) is 73.6 cm³/mol. The third-order valence-electron chi connectivity index (χ3n) is 1.72.